The van der Waals surface area contributed by atoms with Gasteiger partial charge in [0.1, 0.15) is 11.5 Å². The van der Waals surface area contributed by atoms with Crippen LogP contribution in [0.3, 0.4) is 0 Å². The molecule has 0 unspecified atom stereocenters. The van der Waals surface area contributed by atoms with Crippen molar-refractivity contribution < 1.29 is 9.18 Å². The molecule has 1 heterocycles. The predicted molar refractivity (Wildman–Crippen MR) is 68.7 cm³/mol. The van der Waals surface area contributed by atoms with Crippen molar-refractivity contribution in [2.45, 2.75) is 13.5 Å². The molecular weight excluding hydrogens is 278 g/mol. The Balaban J connectivity index is 2.64. The third-order valence-corrected chi connectivity index (χ3v) is 3.11. The van der Waals surface area contributed by atoms with E-state index in [9.17, 15) is 9.18 Å². The van der Waals surface area contributed by atoms with Gasteiger partial charge in [0.25, 0.3) is 0 Å². The number of carbonyl (C=O) groups is 1. The van der Waals surface area contributed by atoms with E-state index in [1.807, 2.05) is 6.92 Å². The maximum absolute atomic E-state index is 13.5. The summed E-state index contributed by atoms with van der Waals surface area (Å²) in [5.74, 6) is -0.598. The quantitative estimate of drug-likeness (QED) is 0.635. The van der Waals surface area contributed by atoms with E-state index < -0.39 is 5.82 Å². The Kier molecular flexibility index (Phi) is 3.68. The van der Waals surface area contributed by atoms with Gasteiger partial charge < -0.3 is 0 Å². The molecule has 0 aliphatic rings. The van der Waals surface area contributed by atoms with Crippen LogP contribution in [0.2, 0.25) is 10.0 Å². The van der Waals surface area contributed by atoms with Crippen molar-refractivity contribution in [3.05, 3.63) is 39.8 Å². The number of rotatable bonds is 3. The summed E-state index contributed by atoms with van der Waals surface area (Å²) < 4.78 is 15.0. The van der Waals surface area contributed by atoms with Gasteiger partial charge in [-0.1, -0.05) is 23.2 Å². The lowest BCUT2D eigenvalue weighted by Crippen LogP contribution is -1.94. The molecule has 0 spiro atoms. The lowest BCUT2D eigenvalue weighted by Gasteiger charge is -2.03. The summed E-state index contributed by atoms with van der Waals surface area (Å²) in [5.41, 5.74) is 1.07. The standard InChI is InChI=1S/C12H9Cl2FN2O/c1-2-17-5-7(6-18)12(16-17)8-3-11(15)10(14)4-9(8)13/h3-6H,2H2,1H3. The fraction of sp³-hybridized carbons (Fsp3) is 0.167. The zero-order valence-electron chi connectivity index (χ0n) is 9.45. The SMILES string of the molecule is CCn1cc(C=O)c(-c2cc(F)c(Cl)cc2Cl)n1. The van der Waals surface area contributed by atoms with E-state index in [2.05, 4.69) is 5.10 Å². The van der Waals surface area contributed by atoms with Crippen molar-refractivity contribution in [3.63, 3.8) is 0 Å². The van der Waals surface area contributed by atoms with Crippen molar-refractivity contribution in [1.29, 1.82) is 0 Å². The molecule has 0 fully saturated rings. The zero-order chi connectivity index (χ0) is 13.3. The minimum atomic E-state index is -0.598. The van der Waals surface area contributed by atoms with E-state index >= 15 is 0 Å². The van der Waals surface area contributed by atoms with E-state index in [1.54, 1.807) is 10.9 Å². The van der Waals surface area contributed by atoms with Gasteiger partial charge in [-0.25, -0.2) is 4.39 Å². The van der Waals surface area contributed by atoms with E-state index in [1.165, 1.54) is 12.1 Å². The largest absolute Gasteiger partial charge is 0.298 e. The zero-order valence-corrected chi connectivity index (χ0v) is 11.0. The molecule has 3 nitrogen and oxygen atoms in total. The van der Waals surface area contributed by atoms with Gasteiger partial charge in [0, 0.05) is 18.3 Å². The van der Waals surface area contributed by atoms with E-state index in [4.69, 9.17) is 23.2 Å². The van der Waals surface area contributed by atoms with Crippen molar-refractivity contribution in [1.82, 2.24) is 9.78 Å². The molecule has 0 saturated heterocycles. The highest BCUT2D eigenvalue weighted by Gasteiger charge is 2.15. The van der Waals surface area contributed by atoms with Crippen LogP contribution in [-0.2, 0) is 6.54 Å². The van der Waals surface area contributed by atoms with Crippen molar-refractivity contribution in [2.75, 3.05) is 0 Å². The van der Waals surface area contributed by atoms with Gasteiger partial charge in [-0.3, -0.25) is 9.48 Å². The van der Waals surface area contributed by atoms with Crippen LogP contribution < -0.4 is 0 Å². The van der Waals surface area contributed by atoms with Gasteiger partial charge in [0.15, 0.2) is 6.29 Å². The average Bonchev–Trinajstić information content (AvgIpc) is 2.77. The summed E-state index contributed by atoms with van der Waals surface area (Å²) in [4.78, 5) is 11.0. The van der Waals surface area contributed by atoms with Crippen LogP contribution in [-0.4, -0.2) is 16.1 Å². The van der Waals surface area contributed by atoms with Gasteiger partial charge in [0.05, 0.1) is 15.6 Å². The lowest BCUT2D eigenvalue weighted by atomic mass is 10.1. The molecule has 18 heavy (non-hydrogen) atoms. The second-order valence-electron chi connectivity index (χ2n) is 3.65. The first kappa shape index (κ1) is 13.1. The summed E-state index contributed by atoms with van der Waals surface area (Å²) in [7, 11) is 0. The first-order valence-corrected chi connectivity index (χ1v) is 6.00. The van der Waals surface area contributed by atoms with Crippen molar-refractivity contribution in [2.24, 2.45) is 0 Å². The molecular formula is C12H9Cl2FN2O. The molecule has 0 bridgehead atoms. The number of hydrogen-bond acceptors (Lipinski definition) is 2. The van der Waals surface area contributed by atoms with Crippen LogP contribution in [0.5, 0.6) is 0 Å². The normalized spacial score (nSPS) is 10.7. The summed E-state index contributed by atoms with van der Waals surface area (Å²) in [5, 5.41) is 4.38. The molecule has 0 aliphatic heterocycles. The number of aryl methyl sites for hydroxylation is 1. The topological polar surface area (TPSA) is 34.9 Å². The highest BCUT2D eigenvalue weighted by Crippen LogP contribution is 2.32. The molecule has 0 amide bonds. The van der Waals surface area contributed by atoms with Crippen LogP contribution in [0.25, 0.3) is 11.3 Å². The molecule has 0 saturated carbocycles. The Morgan fingerprint density at radius 3 is 2.72 bits per heavy atom. The van der Waals surface area contributed by atoms with Crippen LogP contribution in [0.4, 0.5) is 4.39 Å². The third kappa shape index (κ3) is 2.26. The van der Waals surface area contributed by atoms with Crippen LogP contribution in [0, 0.1) is 5.82 Å². The summed E-state index contributed by atoms with van der Waals surface area (Å²) in [6, 6.07) is 2.48. The fourth-order valence-electron chi connectivity index (χ4n) is 1.60. The van der Waals surface area contributed by atoms with Crippen LogP contribution >= 0.6 is 23.2 Å². The van der Waals surface area contributed by atoms with Gasteiger partial charge >= 0.3 is 0 Å². The first-order valence-electron chi connectivity index (χ1n) is 5.24. The smallest absolute Gasteiger partial charge is 0.153 e. The highest BCUT2D eigenvalue weighted by atomic mass is 35.5. The number of hydrogen-bond donors (Lipinski definition) is 0. The number of carbonyl (C=O) groups excluding carboxylic acids is 1. The van der Waals surface area contributed by atoms with E-state index in [0.717, 1.165) is 0 Å². The van der Waals surface area contributed by atoms with Gasteiger partial charge in [-0.2, -0.15) is 5.10 Å². The summed E-state index contributed by atoms with van der Waals surface area (Å²) >= 11 is 11.6. The number of aldehydes is 1. The van der Waals surface area contributed by atoms with Gasteiger partial charge in [-0.05, 0) is 19.1 Å². The highest BCUT2D eigenvalue weighted by molar-refractivity contribution is 6.36. The number of halogens is 3. The Hall–Kier alpha value is -1.39. The van der Waals surface area contributed by atoms with Crippen molar-refractivity contribution >= 4 is 29.5 Å². The van der Waals surface area contributed by atoms with Gasteiger partial charge in [0.2, 0.25) is 0 Å². The molecule has 6 heteroatoms. The van der Waals surface area contributed by atoms with Crippen LogP contribution in [0.15, 0.2) is 18.3 Å². The molecule has 1 aromatic carbocycles. The number of aromatic nitrogens is 2. The molecule has 2 aromatic rings. The molecule has 0 N–H and O–H groups in total. The fourth-order valence-corrected chi connectivity index (χ4v) is 2.07. The Morgan fingerprint density at radius 1 is 1.39 bits per heavy atom. The second-order valence-corrected chi connectivity index (χ2v) is 4.47. The van der Waals surface area contributed by atoms with Crippen molar-refractivity contribution in [3.8, 4) is 11.3 Å². The third-order valence-electron chi connectivity index (χ3n) is 2.51. The second kappa shape index (κ2) is 5.08. The Bertz CT molecular complexity index is 610. The first-order chi connectivity index (χ1) is 8.56. The van der Waals surface area contributed by atoms with E-state index in [-0.39, 0.29) is 10.0 Å². The summed E-state index contributed by atoms with van der Waals surface area (Å²) in [6.45, 7) is 2.49. The molecule has 1 aromatic heterocycles. The maximum atomic E-state index is 13.5. The molecule has 94 valence electrons. The summed E-state index contributed by atoms with van der Waals surface area (Å²) in [6.07, 6.45) is 2.25. The van der Waals surface area contributed by atoms with E-state index in [0.29, 0.717) is 29.7 Å². The molecule has 0 aliphatic carbocycles. The monoisotopic (exact) mass is 286 g/mol. The minimum absolute atomic E-state index is 0.0636. The molecule has 2 rings (SSSR count). The predicted octanol–water partition coefficient (Wildman–Crippen LogP) is 3.83. The Morgan fingerprint density at radius 2 is 2.11 bits per heavy atom. The van der Waals surface area contributed by atoms with Gasteiger partial charge in [-0.15, -0.1) is 0 Å². The molecule has 0 atom stereocenters. The Labute approximate surface area is 113 Å². The molecule has 0 radical (unpaired) electrons. The number of nitrogens with zero attached hydrogens (tertiary/aromatic N) is 2. The average molecular weight is 287 g/mol. The number of benzene rings is 1. The van der Waals surface area contributed by atoms with Crippen LogP contribution in [0.1, 0.15) is 17.3 Å². The maximum Gasteiger partial charge on any atom is 0.153 e. The minimum Gasteiger partial charge on any atom is -0.298 e. The lowest BCUT2D eigenvalue weighted by molar-refractivity contribution is 0.112.